The van der Waals surface area contributed by atoms with Gasteiger partial charge in [-0.15, -0.1) is 0 Å². The molecular formula is C13H19N2+. The molecule has 1 heterocycles. The molecule has 0 aliphatic carbocycles. The van der Waals surface area contributed by atoms with Gasteiger partial charge in [0.15, 0.2) is 0 Å². The average Bonchev–Trinajstić information content (AvgIpc) is 2.67. The topological polar surface area (TPSA) is 6.25 Å². The first kappa shape index (κ1) is 10.2. The number of nitrogens with zero attached hydrogens (tertiary/aromatic N) is 2. The van der Waals surface area contributed by atoms with E-state index >= 15 is 0 Å². The maximum absolute atomic E-state index is 2.39. The van der Waals surface area contributed by atoms with Crippen LogP contribution in [-0.2, 0) is 0 Å². The summed E-state index contributed by atoms with van der Waals surface area (Å²) in [5.74, 6) is 0. The van der Waals surface area contributed by atoms with Crippen LogP contribution in [0.3, 0.4) is 0 Å². The summed E-state index contributed by atoms with van der Waals surface area (Å²) in [5, 5.41) is 0. The lowest BCUT2D eigenvalue weighted by Gasteiger charge is -2.17. The van der Waals surface area contributed by atoms with Crippen LogP contribution in [0.15, 0.2) is 30.3 Å². The normalized spacial score (nSPS) is 16.7. The van der Waals surface area contributed by atoms with E-state index in [-0.39, 0.29) is 5.54 Å². The van der Waals surface area contributed by atoms with Crippen molar-refractivity contribution in [3.05, 3.63) is 30.3 Å². The van der Waals surface area contributed by atoms with Crippen molar-refractivity contribution in [2.24, 2.45) is 0 Å². The minimum atomic E-state index is 0.226. The Balaban J connectivity index is 2.20. The predicted octanol–water partition coefficient (Wildman–Crippen LogP) is 2.35. The van der Waals surface area contributed by atoms with Crippen LogP contribution in [-0.4, -0.2) is 29.5 Å². The smallest absolute Gasteiger partial charge is 0.240 e. The number of anilines is 1. The molecule has 0 spiro atoms. The van der Waals surface area contributed by atoms with Crippen LogP contribution in [0.1, 0.15) is 20.8 Å². The summed E-state index contributed by atoms with van der Waals surface area (Å²) in [4.78, 5) is 2.31. The zero-order chi connectivity index (χ0) is 10.9. The van der Waals surface area contributed by atoms with E-state index < -0.39 is 0 Å². The Morgan fingerprint density at radius 1 is 1.13 bits per heavy atom. The Kier molecular flexibility index (Phi) is 2.51. The molecule has 0 bridgehead atoms. The molecule has 1 aliphatic rings. The van der Waals surface area contributed by atoms with Crippen molar-refractivity contribution in [3.8, 4) is 0 Å². The van der Waals surface area contributed by atoms with Gasteiger partial charge < -0.3 is 0 Å². The van der Waals surface area contributed by atoms with Gasteiger partial charge in [-0.3, -0.25) is 4.58 Å². The van der Waals surface area contributed by atoms with Crippen LogP contribution < -0.4 is 4.90 Å². The maximum atomic E-state index is 2.39. The molecule has 1 aromatic rings. The molecule has 0 aromatic heterocycles. The second-order valence-corrected chi connectivity index (χ2v) is 5.01. The van der Waals surface area contributed by atoms with Crippen LogP contribution in [0.25, 0.3) is 0 Å². The highest BCUT2D eigenvalue weighted by atomic mass is 15.3. The highest BCUT2D eigenvalue weighted by Gasteiger charge is 2.28. The molecule has 2 rings (SSSR count). The van der Waals surface area contributed by atoms with E-state index in [1.165, 1.54) is 5.69 Å². The molecule has 0 fully saturated rings. The largest absolute Gasteiger partial charge is 0.259 e. The van der Waals surface area contributed by atoms with Crippen molar-refractivity contribution in [1.82, 2.24) is 0 Å². The van der Waals surface area contributed by atoms with E-state index in [2.05, 4.69) is 66.9 Å². The Labute approximate surface area is 91.8 Å². The van der Waals surface area contributed by atoms with Crippen molar-refractivity contribution in [1.29, 1.82) is 0 Å². The fraction of sp³-hybridized carbons (Fsp3) is 0.462. The van der Waals surface area contributed by atoms with Crippen LogP contribution in [0, 0.1) is 0 Å². The van der Waals surface area contributed by atoms with Gasteiger partial charge in [-0.1, -0.05) is 18.2 Å². The molecular weight excluding hydrogens is 184 g/mol. The molecule has 0 radical (unpaired) electrons. The Morgan fingerprint density at radius 3 is 2.33 bits per heavy atom. The van der Waals surface area contributed by atoms with E-state index in [1.807, 2.05) is 0 Å². The molecule has 0 saturated carbocycles. The lowest BCUT2D eigenvalue weighted by atomic mass is 10.1. The van der Waals surface area contributed by atoms with Crippen LogP contribution in [0.4, 0.5) is 5.69 Å². The van der Waals surface area contributed by atoms with Crippen molar-refractivity contribution in [2.45, 2.75) is 26.3 Å². The number of rotatable bonds is 1. The average molecular weight is 203 g/mol. The fourth-order valence-electron chi connectivity index (χ4n) is 1.82. The molecule has 0 amide bonds. The van der Waals surface area contributed by atoms with Crippen LogP contribution in [0.2, 0.25) is 0 Å². The molecule has 1 aliphatic heterocycles. The molecule has 2 nitrogen and oxygen atoms in total. The van der Waals surface area contributed by atoms with Crippen LogP contribution >= 0.6 is 0 Å². The van der Waals surface area contributed by atoms with Crippen molar-refractivity contribution in [3.63, 3.8) is 0 Å². The Bertz CT molecular complexity index is 360. The molecule has 0 saturated heterocycles. The Morgan fingerprint density at radius 2 is 1.80 bits per heavy atom. The highest BCUT2D eigenvalue weighted by molar-refractivity contribution is 5.76. The first-order valence-electron chi connectivity index (χ1n) is 5.51. The van der Waals surface area contributed by atoms with E-state index in [0.29, 0.717) is 0 Å². The van der Waals surface area contributed by atoms with E-state index in [0.717, 1.165) is 13.1 Å². The lowest BCUT2D eigenvalue weighted by Crippen LogP contribution is -2.32. The molecule has 0 atom stereocenters. The number of hydrogen-bond acceptors (Lipinski definition) is 1. The maximum Gasteiger partial charge on any atom is 0.240 e. The molecule has 0 N–H and O–H groups in total. The van der Waals surface area contributed by atoms with Gasteiger partial charge in [-0.05, 0) is 32.9 Å². The number of benzene rings is 1. The first-order chi connectivity index (χ1) is 7.07. The first-order valence-corrected chi connectivity index (χ1v) is 5.51. The minimum Gasteiger partial charge on any atom is -0.259 e. The van der Waals surface area contributed by atoms with Crippen molar-refractivity contribution >= 4 is 12.0 Å². The summed E-state index contributed by atoms with van der Waals surface area (Å²) in [7, 11) is 0. The third kappa shape index (κ3) is 2.20. The van der Waals surface area contributed by atoms with E-state index in [4.69, 9.17) is 0 Å². The molecule has 15 heavy (non-hydrogen) atoms. The molecule has 2 heteroatoms. The summed E-state index contributed by atoms with van der Waals surface area (Å²) in [6, 6.07) is 10.5. The number of para-hydroxylation sites is 1. The fourth-order valence-corrected chi connectivity index (χ4v) is 1.82. The van der Waals surface area contributed by atoms with Gasteiger partial charge in [-0.2, -0.15) is 0 Å². The van der Waals surface area contributed by atoms with Gasteiger partial charge in [0.2, 0.25) is 6.34 Å². The second-order valence-electron chi connectivity index (χ2n) is 5.01. The quantitative estimate of drug-likeness (QED) is 0.635. The van der Waals surface area contributed by atoms with Gasteiger partial charge in [0.05, 0.1) is 5.54 Å². The van der Waals surface area contributed by atoms with Gasteiger partial charge in [0.25, 0.3) is 0 Å². The lowest BCUT2D eigenvalue weighted by molar-refractivity contribution is -0.584. The third-order valence-corrected chi connectivity index (χ3v) is 2.81. The zero-order valence-electron chi connectivity index (χ0n) is 9.77. The second kappa shape index (κ2) is 3.69. The SMILES string of the molecule is CC(C)(C)[N+]1=CN(c2ccccc2)CC1. The summed E-state index contributed by atoms with van der Waals surface area (Å²) >= 11 is 0. The predicted molar refractivity (Wildman–Crippen MR) is 64.7 cm³/mol. The monoisotopic (exact) mass is 203 g/mol. The van der Waals surface area contributed by atoms with Gasteiger partial charge >= 0.3 is 0 Å². The third-order valence-electron chi connectivity index (χ3n) is 2.81. The summed E-state index contributed by atoms with van der Waals surface area (Å²) in [5.41, 5.74) is 1.51. The minimum absolute atomic E-state index is 0.226. The van der Waals surface area contributed by atoms with Crippen LogP contribution in [0.5, 0.6) is 0 Å². The van der Waals surface area contributed by atoms with Crippen molar-refractivity contribution < 1.29 is 4.58 Å². The zero-order valence-corrected chi connectivity index (χ0v) is 9.77. The molecule has 80 valence electrons. The number of hydrogen-bond donors (Lipinski definition) is 0. The van der Waals surface area contributed by atoms with Gasteiger partial charge in [-0.25, -0.2) is 4.90 Å². The van der Waals surface area contributed by atoms with E-state index in [1.54, 1.807) is 0 Å². The summed E-state index contributed by atoms with van der Waals surface area (Å²) in [6.45, 7) is 8.94. The van der Waals surface area contributed by atoms with E-state index in [9.17, 15) is 0 Å². The summed E-state index contributed by atoms with van der Waals surface area (Å²) in [6.07, 6.45) is 2.23. The molecule has 0 unspecified atom stereocenters. The highest BCUT2D eigenvalue weighted by Crippen LogP contribution is 2.16. The molecule has 1 aromatic carbocycles. The van der Waals surface area contributed by atoms with Gasteiger partial charge in [0.1, 0.15) is 18.8 Å². The van der Waals surface area contributed by atoms with Crippen molar-refractivity contribution in [2.75, 3.05) is 18.0 Å². The van der Waals surface area contributed by atoms with Gasteiger partial charge in [0, 0.05) is 0 Å². The standard InChI is InChI=1S/C13H19N2/c1-13(2,3)15-10-9-14(11-15)12-7-5-4-6-8-12/h4-8,11H,9-10H2,1-3H3/q+1. The Hall–Kier alpha value is -1.31. The summed E-state index contributed by atoms with van der Waals surface area (Å²) < 4.78 is 2.39.